The van der Waals surface area contributed by atoms with Gasteiger partial charge in [-0.25, -0.2) is 9.18 Å². The van der Waals surface area contributed by atoms with E-state index >= 15 is 0 Å². The van der Waals surface area contributed by atoms with Crippen LogP contribution < -0.4 is 16.1 Å². The second-order valence-corrected chi connectivity index (χ2v) is 4.84. The average molecular weight is 307 g/mol. The first-order valence-corrected chi connectivity index (χ1v) is 6.98. The summed E-state index contributed by atoms with van der Waals surface area (Å²) in [5.74, 6) is -1.89. The molecule has 0 bridgehead atoms. The van der Waals surface area contributed by atoms with Gasteiger partial charge in [-0.3, -0.25) is 4.79 Å². The van der Waals surface area contributed by atoms with Gasteiger partial charge in [0.1, 0.15) is 11.4 Å². The summed E-state index contributed by atoms with van der Waals surface area (Å²) in [5.41, 5.74) is -0.240. The molecule has 0 unspecified atom stereocenters. The highest BCUT2D eigenvalue weighted by Crippen LogP contribution is 2.21. The summed E-state index contributed by atoms with van der Waals surface area (Å²) < 4.78 is 15.7. The van der Waals surface area contributed by atoms with Crippen LogP contribution in [0.4, 0.5) is 10.1 Å². The highest BCUT2D eigenvalue weighted by molar-refractivity contribution is 5.93. The Hall–Kier alpha value is -2.41. The van der Waals surface area contributed by atoms with Crippen molar-refractivity contribution in [2.45, 2.75) is 13.5 Å². The van der Waals surface area contributed by atoms with Gasteiger partial charge >= 0.3 is 5.97 Å². The van der Waals surface area contributed by atoms with Crippen molar-refractivity contribution in [3.8, 4) is 0 Å². The van der Waals surface area contributed by atoms with Crippen LogP contribution in [0.25, 0.3) is 10.9 Å². The summed E-state index contributed by atoms with van der Waals surface area (Å²) in [6.07, 6.45) is 1.29. The Kier molecular flexibility index (Phi) is 4.77. The summed E-state index contributed by atoms with van der Waals surface area (Å²) in [6.45, 7) is 3.49. The zero-order chi connectivity index (χ0) is 16.3. The van der Waals surface area contributed by atoms with E-state index in [0.29, 0.717) is 25.2 Å². The van der Waals surface area contributed by atoms with Gasteiger partial charge in [-0.05, 0) is 26.1 Å². The van der Waals surface area contributed by atoms with Crippen LogP contribution in [0.15, 0.2) is 23.1 Å². The molecule has 1 aromatic heterocycles. The molecule has 2 aromatic rings. The second kappa shape index (κ2) is 6.57. The molecule has 0 fully saturated rings. The molecule has 0 aliphatic rings. The molecular formula is C15H18FN3O3. The molecule has 0 spiro atoms. The quantitative estimate of drug-likeness (QED) is 0.704. The maximum Gasteiger partial charge on any atom is 0.341 e. The van der Waals surface area contributed by atoms with Gasteiger partial charge in [0.15, 0.2) is 0 Å². The zero-order valence-electron chi connectivity index (χ0n) is 12.4. The van der Waals surface area contributed by atoms with Crippen LogP contribution in [0.5, 0.6) is 0 Å². The number of carboxylic acid groups (broad SMARTS) is 1. The molecule has 0 radical (unpaired) electrons. The maximum atomic E-state index is 14.1. The number of nitrogens with one attached hydrogen (secondary N) is 2. The van der Waals surface area contributed by atoms with Crippen molar-refractivity contribution in [1.82, 2.24) is 9.88 Å². The lowest BCUT2D eigenvalue weighted by Gasteiger charge is -2.13. The molecule has 0 aliphatic heterocycles. The first-order chi connectivity index (χ1) is 10.5. The van der Waals surface area contributed by atoms with Crippen LogP contribution in [-0.4, -0.2) is 35.8 Å². The van der Waals surface area contributed by atoms with Gasteiger partial charge in [-0.15, -0.1) is 0 Å². The predicted molar refractivity (Wildman–Crippen MR) is 83.2 cm³/mol. The van der Waals surface area contributed by atoms with E-state index in [4.69, 9.17) is 5.11 Å². The standard InChI is InChI=1S/C15H18FN3O3/c1-3-19-8-10(15(21)22)14(20)9-6-11(16)12(7-13(9)19)18-5-4-17-2/h6-8,17-18H,3-5H2,1-2H3,(H,21,22). The molecular weight excluding hydrogens is 289 g/mol. The summed E-state index contributed by atoms with van der Waals surface area (Å²) >= 11 is 0. The van der Waals surface area contributed by atoms with E-state index in [9.17, 15) is 14.0 Å². The molecule has 0 aliphatic carbocycles. The van der Waals surface area contributed by atoms with Gasteiger partial charge in [0.2, 0.25) is 5.43 Å². The molecule has 2 rings (SSSR count). The number of likely N-dealkylation sites (N-methyl/N-ethyl adjacent to an activating group) is 1. The fourth-order valence-electron chi connectivity index (χ4n) is 2.28. The number of hydrogen-bond donors (Lipinski definition) is 3. The number of aromatic carboxylic acids is 1. The van der Waals surface area contributed by atoms with Gasteiger partial charge < -0.3 is 20.3 Å². The number of carboxylic acids is 1. The number of aromatic nitrogens is 1. The van der Waals surface area contributed by atoms with Crippen LogP contribution in [-0.2, 0) is 6.54 Å². The number of halogens is 1. The number of nitrogens with zero attached hydrogens (tertiary/aromatic N) is 1. The van der Waals surface area contributed by atoms with E-state index in [-0.39, 0.29) is 16.6 Å². The number of pyridine rings is 1. The number of anilines is 1. The summed E-state index contributed by atoms with van der Waals surface area (Å²) in [6, 6.07) is 2.63. The first-order valence-electron chi connectivity index (χ1n) is 6.98. The lowest BCUT2D eigenvalue weighted by Crippen LogP contribution is -2.20. The Labute approximate surface area is 126 Å². The molecule has 22 heavy (non-hydrogen) atoms. The molecule has 118 valence electrons. The van der Waals surface area contributed by atoms with E-state index in [1.807, 2.05) is 6.92 Å². The summed E-state index contributed by atoms with van der Waals surface area (Å²) in [7, 11) is 1.79. The van der Waals surface area contributed by atoms with Crippen molar-refractivity contribution in [3.05, 3.63) is 39.9 Å². The van der Waals surface area contributed by atoms with Crippen LogP contribution in [0, 0.1) is 5.82 Å². The average Bonchev–Trinajstić information content (AvgIpc) is 2.49. The van der Waals surface area contributed by atoms with E-state index in [1.165, 1.54) is 12.3 Å². The Morgan fingerprint density at radius 3 is 2.68 bits per heavy atom. The maximum absolute atomic E-state index is 14.1. The molecule has 0 saturated heterocycles. The molecule has 0 saturated carbocycles. The summed E-state index contributed by atoms with van der Waals surface area (Å²) in [5, 5.41) is 15.0. The lowest BCUT2D eigenvalue weighted by atomic mass is 10.1. The third-order valence-electron chi connectivity index (χ3n) is 3.43. The first kappa shape index (κ1) is 16.0. The van der Waals surface area contributed by atoms with Crippen molar-refractivity contribution in [3.63, 3.8) is 0 Å². The molecule has 0 atom stereocenters. The topological polar surface area (TPSA) is 83.4 Å². The Balaban J connectivity index is 2.64. The van der Waals surface area contributed by atoms with Crippen LogP contribution in [0.3, 0.4) is 0 Å². The van der Waals surface area contributed by atoms with Crippen molar-refractivity contribution in [1.29, 1.82) is 0 Å². The highest BCUT2D eigenvalue weighted by Gasteiger charge is 2.16. The molecule has 1 heterocycles. The normalized spacial score (nSPS) is 10.9. The predicted octanol–water partition coefficient (Wildman–Crippen LogP) is 1.49. The number of fused-ring (bicyclic) bond motifs is 1. The zero-order valence-corrected chi connectivity index (χ0v) is 12.4. The second-order valence-electron chi connectivity index (χ2n) is 4.84. The van der Waals surface area contributed by atoms with Crippen LogP contribution >= 0.6 is 0 Å². The number of rotatable bonds is 6. The highest BCUT2D eigenvalue weighted by atomic mass is 19.1. The largest absolute Gasteiger partial charge is 0.477 e. The lowest BCUT2D eigenvalue weighted by molar-refractivity contribution is 0.0695. The van der Waals surface area contributed by atoms with Gasteiger partial charge in [0.25, 0.3) is 0 Å². The molecule has 1 aromatic carbocycles. The van der Waals surface area contributed by atoms with E-state index in [1.54, 1.807) is 11.6 Å². The SMILES string of the molecule is CCn1cc(C(=O)O)c(=O)c2cc(F)c(NCCNC)cc21. The van der Waals surface area contributed by atoms with Gasteiger partial charge in [-0.2, -0.15) is 0 Å². The van der Waals surface area contributed by atoms with Crippen molar-refractivity contribution < 1.29 is 14.3 Å². The smallest absolute Gasteiger partial charge is 0.341 e. The van der Waals surface area contributed by atoms with Crippen LogP contribution in [0.2, 0.25) is 0 Å². The van der Waals surface area contributed by atoms with Crippen molar-refractivity contribution in [2.75, 3.05) is 25.5 Å². The number of aryl methyl sites for hydroxylation is 1. The van der Waals surface area contributed by atoms with E-state index < -0.39 is 17.2 Å². The molecule has 7 heteroatoms. The third-order valence-corrected chi connectivity index (χ3v) is 3.43. The minimum atomic E-state index is -1.31. The van der Waals surface area contributed by atoms with E-state index in [2.05, 4.69) is 10.6 Å². The minimum absolute atomic E-state index is 0.0680. The number of benzene rings is 1. The summed E-state index contributed by atoms with van der Waals surface area (Å²) in [4.78, 5) is 23.3. The molecule has 6 nitrogen and oxygen atoms in total. The Morgan fingerprint density at radius 1 is 1.36 bits per heavy atom. The fraction of sp³-hybridized carbons (Fsp3) is 0.333. The monoisotopic (exact) mass is 307 g/mol. The van der Waals surface area contributed by atoms with E-state index in [0.717, 1.165) is 6.07 Å². The minimum Gasteiger partial charge on any atom is -0.477 e. The van der Waals surface area contributed by atoms with Gasteiger partial charge in [0, 0.05) is 31.2 Å². The van der Waals surface area contributed by atoms with Crippen molar-refractivity contribution >= 4 is 22.6 Å². The van der Waals surface area contributed by atoms with Gasteiger partial charge in [0.05, 0.1) is 11.2 Å². The molecule has 3 N–H and O–H groups in total. The van der Waals surface area contributed by atoms with Crippen molar-refractivity contribution in [2.24, 2.45) is 0 Å². The Morgan fingerprint density at radius 2 is 2.09 bits per heavy atom. The fourth-order valence-corrected chi connectivity index (χ4v) is 2.28. The number of hydrogen-bond acceptors (Lipinski definition) is 4. The van der Waals surface area contributed by atoms with Crippen LogP contribution in [0.1, 0.15) is 17.3 Å². The van der Waals surface area contributed by atoms with Gasteiger partial charge in [-0.1, -0.05) is 0 Å². The number of carbonyl (C=O) groups is 1. The third kappa shape index (κ3) is 2.94. The Bertz CT molecular complexity index is 771. The molecule has 0 amide bonds.